The second-order valence-corrected chi connectivity index (χ2v) is 10.3. The van der Waals surface area contributed by atoms with Crippen LogP contribution in [0, 0.1) is 0 Å². The van der Waals surface area contributed by atoms with Gasteiger partial charge in [-0.2, -0.15) is 0 Å². The zero-order chi connectivity index (χ0) is 26.1. The SMILES string of the molecule is COc1ccc(/C(C)=N\OCc2nc3c4c5c(sc4ncn3n2)CN(Cc2ccccc2)CC5)cc1OC. The third-order valence-electron chi connectivity index (χ3n) is 6.75. The van der Waals surface area contributed by atoms with E-state index in [4.69, 9.17) is 19.3 Å². The molecule has 1 aliphatic heterocycles. The number of hydrogen-bond donors (Lipinski definition) is 0. The first-order valence-electron chi connectivity index (χ1n) is 12.4. The van der Waals surface area contributed by atoms with Gasteiger partial charge in [0, 0.05) is 30.1 Å². The van der Waals surface area contributed by atoms with E-state index < -0.39 is 0 Å². The molecule has 0 bridgehead atoms. The number of methoxy groups -OCH3 is 2. The molecule has 5 aromatic rings. The fourth-order valence-electron chi connectivity index (χ4n) is 4.83. The van der Waals surface area contributed by atoms with Crippen molar-refractivity contribution in [3.63, 3.8) is 0 Å². The Morgan fingerprint density at radius 3 is 2.74 bits per heavy atom. The molecule has 38 heavy (non-hydrogen) atoms. The highest BCUT2D eigenvalue weighted by Crippen LogP contribution is 2.36. The van der Waals surface area contributed by atoms with Crippen molar-refractivity contribution in [3.8, 4) is 11.5 Å². The van der Waals surface area contributed by atoms with E-state index in [1.807, 2.05) is 25.1 Å². The van der Waals surface area contributed by atoms with E-state index in [1.54, 1.807) is 36.4 Å². The molecule has 4 heterocycles. The molecular weight excluding hydrogens is 500 g/mol. The first-order valence-corrected chi connectivity index (χ1v) is 13.2. The molecule has 6 rings (SSSR count). The number of ether oxygens (including phenoxy) is 2. The molecule has 1 aliphatic rings. The van der Waals surface area contributed by atoms with Crippen LogP contribution in [0.5, 0.6) is 11.5 Å². The van der Waals surface area contributed by atoms with Crippen LogP contribution in [0.3, 0.4) is 0 Å². The summed E-state index contributed by atoms with van der Waals surface area (Å²) in [7, 11) is 3.22. The van der Waals surface area contributed by atoms with E-state index in [9.17, 15) is 0 Å². The van der Waals surface area contributed by atoms with Crippen LogP contribution in [-0.4, -0.2) is 51.0 Å². The van der Waals surface area contributed by atoms with Gasteiger partial charge in [-0.1, -0.05) is 35.5 Å². The lowest BCUT2D eigenvalue weighted by Crippen LogP contribution is -2.29. The summed E-state index contributed by atoms with van der Waals surface area (Å²) in [5.41, 5.74) is 5.09. The van der Waals surface area contributed by atoms with E-state index in [-0.39, 0.29) is 6.61 Å². The molecule has 194 valence electrons. The van der Waals surface area contributed by atoms with E-state index in [0.29, 0.717) is 23.0 Å². The molecule has 0 fully saturated rings. The summed E-state index contributed by atoms with van der Waals surface area (Å²) in [6.07, 6.45) is 2.70. The molecule has 0 saturated heterocycles. The number of hydrogen-bond acceptors (Lipinski definition) is 9. The maximum Gasteiger partial charge on any atom is 0.192 e. The van der Waals surface area contributed by atoms with Gasteiger partial charge in [0.2, 0.25) is 0 Å². The van der Waals surface area contributed by atoms with E-state index in [1.165, 1.54) is 16.0 Å². The highest BCUT2D eigenvalue weighted by molar-refractivity contribution is 7.19. The van der Waals surface area contributed by atoms with Crippen LogP contribution in [0.25, 0.3) is 15.9 Å². The summed E-state index contributed by atoms with van der Waals surface area (Å²) in [5, 5.41) is 9.96. The molecule has 10 heteroatoms. The van der Waals surface area contributed by atoms with Crippen molar-refractivity contribution >= 4 is 32.9 Å². The minimum absolute atomic E-state index is 0.158. The van der Waals surface area contributed by atoms with Crippen LogP contribution >= 0.6 is 11.3 Å². The zero-order valence-electron chi connectivity index (χ0n) is 21.5. The number of nitrogens with zero attached hydrogens (tertiary/aromatic N) is 6. The lowest BCUT2D eigenvalue weighted by molar-refractivity contribution is 0.125. The molecule has 0 amide bonds. The highest BCUT2D eigenvalue weighted by atomic mass is 32.1. The van der Waals surface area contributed by atoms with Crippen molar-refractivity contribution in [2.45, 2.75) is 33.0 Å². The van der Waals surface area contributed by atoms with Crippen LogP contribution in [-0.2, 0) is 31.0 Å². The molecule has 9 nitrogen and oxygen atoms in total. The third kappa shape index (κ3) is 4.68. The summed E-state index contributed by atoms with van der Waals surface area (Å²) in [4.78, 5) is 20.0. The van der Waals surface area contributed by atoms with Gasteiger partial charge in [-0.25, -0.2) is 14.5 Å². The molecule has 3 aromatic heterocycles. The molecule has 0 aliphatic carbocycles. The second-order valence-electron chi connectivity index (χ2n) is 9.19. The molecule has 0 atom stereocenters. The lowest BCUT2D eigenvalue weighted by atomic mass is 10.0. The Labute approximate surface area is 224 Å². The summed E-state index contributed by atoms with van der Waals surface area (Å²) in [6.45, 7) is 4.91. The molecular formula is C28H28N6O3S. The first kappa shape index (κ1) is 24.3. The molecule has 0 spiro atoms. The maximum atomic E-state index is 5.63. The smallest absolute Gasteiger partial charge is 0.192 e. The Bertz CT molecular complexity index is 1630. The van der Waals surface area contributed by atoms with Gasteiger partial charge < -0.3 is 14.3 Å². The van der Waals surface area contributed by atoms with E-state index in [2.05, 4.69) is 50.5 Å². The molecule has 0 saturated carbocycles. The Kier molecular flexibility index (Phi) is 6.65. The summed E-state index contributed by atoms with van der Waals surface area (Å²) >= 11 is 1.76. The predicted molar refractivity (Wildman–Crippen MR) is 147 cm³/mol. The minimum Gasteiger partial charge on any atom is -0.493 e. The predicted octanol–water partition coefficient (Wildman–Crippen LogP) is 4.86. The van der Waals surface area contributed by atoms with Gasteiger partial charge in [0.15, 0.2) is 29.6 Å². The van der Waals surface area contributed by atoms with Crippen LogP contribution < -0.4 is 9.47 Å². The van der Waals surface area contributed by atoms with Crippen molar-refractivity contribution < 1.29 is 14.3 Å². The van der Waals surface area contributed by atoms with Crippen molar-refractivity contribution in [2.75, 3.05) is 20.8 Å². The monoisotopic (exact) mass is 528 g/mol. The van der Waals surface area contributed by atoms with Crippen molar-refractivity contribution in [3.05, 3.63) is 82.3 Å². The largest absolute Gasteiger partial charge is 0.493 e. The summed E-state index contributed by atoms with van der Waals surface area (Å²) < 4.78 is 12.4. The number of oxime groups is 1. The third-order valence-corrected chi connectivity index (χ3v) is 7.87. The topological polar surface area (TPSA) is 86.4 Å². The Morgan fingerprint density at radius 1 is 1.08 bits per heavy atom. The Balaban J connectivity index is 1.19. The van der Waals surface area contributed by atoms with Crippen LogP contribution in [0.2, 0.25) is 0 Å². The van der Waals surface area contributed by atoms with Gasteiger partial charge in [0.05, 0.1) is 25.3 Å². The average molecular weight is 529 g/mol. The number of thiophene rings is 1. The molecule has 2 aromatic carbocycles. The normalized spacial score (nSPS) is 14.1. The van der Waals surface area contributed by atoms with Gasteiger partial charge in [-0.3, -0.25) is 4.90 Å². The van der Waals surface area contributed by atoms with Crippen LogP contribution in [0.1, 0.15) is 34.3 Å². The highest BCUT2D eigenvalue weighted by Gasteiger charge is 2.24. The van der Waals surface area contributed by atoms with Gasteiger partial charge in [-0.15, -0.1) is 16.4 Å². The maximum absolute atomic E-state index is 5.63. The number of benzene rings is 2. The minimum atomic E-state index is 0.158. The summed E-state index contributed by atoms with van der Waals surface area (Å²) in [6, 6.07) is 16.3. The van der Waals surface area contributed by atoms with Crippen LogP contribution in [0.15, 0.2) is 60.0 Å². The number of rotatable bonds is 8. The average Bonchev–Trinajstić information content (AvgIpc) is 3.53. The van der Waals surface area contributed by atoms with Crippen molar-refractivity contribution in [2.24, 2.45) is 5.16 Å². The molecule has 0 radical (unpaired) electrons. The summed E-state index contributed by atoms with van der Waals surface area (Å²) in [5.74, 6) is 1.86. The Morgan fingerprint density at radius 2 is 1.92 bits per heavy atom. The fraction of sp³-hybridized carbons (Fsp3) is 0.286. The van der Waals surface area contributed by atoms with Gasteiger partial charge in [0.1, 0.15) is 11.2 Å². The first-order chi connectivity index (χ1) is 18.6. The van der Waals surface area contributed by atoms with Crippen LogP contribution in [0.4, 0.5) is 0 Å². The zero-order valence-corrected chi connectivity index (χ0v) is 22.4. The quantitative estimate of drug-likeness (QED) is 0.210. The fourth-order valence-corrected chi connectivity index (χ4v) is 6.05. The molecule has 0 N–H and O–H groups in total. The Hall–Kier alpha value is -4.02. The lowest BCUT2D eigenvalue weighted by Gasteiger charge is -2.26. The number of aromatic nitrogens is 4. The molecule has 0 unspecified atom stereocenters. The van der Waals surface area contributed by atoms with Crippen molar-refractivity contribution in [1.82, 2.24) is 24.5 Å². The van der Waals surface area contributed by atoms with Gasteiger partial charge in [-0.05, 0) is 42.7 Å². The number of fused-ring (bicyclic) bond motifs is 5. The van der Waals surface area contributed by atoms with Gasteiger partial charge in [0.25, 0.3) is 0 Å². The van der Waals surface area contributed by atoms with E-state index in [0.717, 1.165) is 47.5 Å². The van der Waals surface area contributed by atoms with Gasteiger partial charge >= 0.3 is 0 Å². The van der Waals surface area contributed by atoms with E-state index >= 15 is 0 Å². The van der Waals surface area contributed by atoms with Crippen molar-refractivity contribution in [1.29, 1.82) is 0 Å². The standard InChI is InChI=1S/C28H28N6O3S/c1-18(20-9-10-22(35-2)23(13-20)36-3)32-37-16-25-30-27-26-21-11-12-33(14-19-7-5-4-6-8-19)15-24(21)38-28(26)29-17-34(27)31-25/h4-10,13,17H,11-12,14-16H2,1-3H3/b32-18-. The second kappa shape index (κ2) is 10.4.